The molecule has 1 saturated heterocycles. The van der Waals surface area contributed by atoms with Gasteiger partial charge in [0.1, 0.15) is 0 Å². The molecule has 0 radical (unpaired) electrons. The van der Waals surface area contributed by atoms with Crippen molar-refractivity contribution < 1.29 is 13.2 Å². The Hall–Kier alpha value is -0.620. The van der Waals surface area contributed by atoms with Crippen molar-refractivity contribution in [2.75, 3.05) is 25.9 Å². The van der Waals surface area contributed by atoms with Crippen LogP contribution in [-0.2, 0) is 14.8 Å². The molecule has 0 aliphatic carbocycles. The Balaban J connectivity index is 2.43. The molecular formula is C12H24N2O3S. The first-order chi connectivity index (χ1) is 8.28. The molecule has 1 fully saturated rings. The highest BCUT2D eigenvalue weighted by Crippen LogP contribution is 2.17. The summed E-state index contributed by atoms with van der Waals surface area (Å²) in [5.41, 5.74) is 0. The molecule has 1 aliphatic heterocycles. The number of carbonyl (C=O) groups is 1. The molecule has 0 saturated carbocycles. The van der Waals surface area contributed by atoms with E-state index < -0.39 is 10.0 Å². The Morgan fingerprint density at radius 2 is 2.11 bits per heavy atom. The van der Waals surface area contributed by atoms with E-state index in [-0.39, 0.29) is 11.8 Å². The quantitative estimate of drug-likeness (QED) is 0.808. The highest BCUT2D eigenvalue weighted by atomic mass is 32.2. The summed E-state index contributed by atoms with van der Waals surface area (Å²) in [6.45, 7) is 5.98. The lowest BCUT2D eigenvalue weighted by molar-refractivity contribution is -0.133. The lowest BCUT2D eigenvalue weighted by atomic mass is 9.97. The number of nitrogens with zero attached hydrogens (tertiary/aromatic N) is 1. The number of amides is 1. The van der Waals surface area contributed by atoms with E-state index in [4.69, 9.17) is 0 Å². The molecule has 1 rings (SSSR count). The van der Waals surface area contributed by atoms with Gasteiger partial charge in [-0.15, -0.1) is 0 Å². The molecule has 1 aliphatic rings. The maximum absolute atomic E-state index is 11.9. The average Bonchev–Trinajstić information content (AvgIpc) is 2.25. The van der Waals surface area contributed by atoms with Gasteiger partial charge in [0.05, 0.1) is 6.26 Å². The lowest BCUT2D eigenvalue weighted by Crippen LogP contribution is -2.43. The summed E-state index contributed by atoms with van der Waals surface area (Å²) in [5.74, 6) is 0.797. The summed E-state index contributed by atoms with van der Waals surface area (Å²) in [6.07, 6.45) is 3.68. The number of hydrogen-bond acceptors (Lipinski definition) is 3. The summed E-state index contributed by atoms with van der Waals surface area (Å²) >= 11 is 0. The highest BCUT2D eigenvalue weighted by molar-refractivity contribution is 7.88. The Morgan fingerprint density at radius 1 is 1.44 bits per heavy atom. The maximum Gasteiger partial charge on any atom is 0.222 e. The standard InChI is InChI=1S/C12H24N2O3S/c1-10(2)7-12(15)14-6-4-5-11(9-14)8-13-18(3,16)17/h10-11,13H,4-9H2,1-3H3. The fourth-order valence-corrected chi connectivity index (χ4v) is 2.74. The van der Waals surface area contributed by atoms with E-state index in [1.807, 2.05) is 18.7 Å². The number of nitrogens with one attached hydrogen (secondary N) is 1. The number of sulfonamides is 1. The van der Waals surface area contributed by atoms with Crippen LogP contribution in [0, 0.1) is 11.8 Å². The van der Waals surface area contributed by atoms with Crippen molar-refractivity contribution >= 4 is 15.9 Å². The molecule has 1 N–H and O–H groups in total. The second-order valence-corrected chi connectivity index (χ2v) is 7.40. The molecule has 0 bridgehead atoms. The summed E-state index contributed by atoms with van der Waals surface area (Å²) < 4.78 is 24.6. The predicted octanol–water partition coefficient (Wildman–Crippen LogP) is 0.820. The van der Waals surface area contributed by atoms with Gasteiger partial charge in [-0.25, -0.2) is 13.1 Å². The van der Waals surface area contributed by atoms with Crippen LogP contribution in [0.1, 0.15) is 33.1 Å². The highest BCUT2D eigenvalue weighted by Gasteiger charge is 2.24. The minimum Gasteiger partial charge on any atom is -0.342 e. The summed E-state index contributed by atoms with van der Waals surface area (Å²) in [7, 11) is -3.13. The molecule has 5 nitrogen and oxygen atoms in total. The van der Waals surface area contributed by atoms with Crippen molar-refractivity contribution in [3.63, 3.8) is 0 Å². The zero-order valence-electron chi connectivity index (χ0n) is 11.5. The molecule has 0 aromatic carbocycles. The molecule has 106 valence electrons. The normalized spacial score (nSPS) is 21.3. The third-order valence-corrected chi connectivity index (χ3v) is 3.78. The summed E-state index contributed by atoms with van der Waals surface area (Å²) in [5, 5.41) is 0. The Bertz CT molecular complexity index is 379. The molecule has 1 amide bonds. The van der Waals surface area contributed by atoms with E-state index in [2.05, 4.69) is 4.72 Å². The SMILES string of the molecule is CC(C)CC(=O)N1CCCC(CNS(C)(=O)=O)C1. The van der Waals surface area contributed by atoms with Gasteiger partial charge in [0.2, 0.25) is 15.9 Å². The van der Waals surface area contributed by atoms with Gasteiger partial charge in [0, 0.05) is 26.1 Å². The first-order valence-corrected chi connectivity index (χ1v) is 8.39. The van der Waals surface area contributed by atoms with Crippen LogP contribution in [0.5, 0.6) is 0 Å². The molecule has 0 spiro atoms. The van der Waals surface area contributed by atoms with E-state index in [1.54, 1.807) is 0 Å². The van der Waals surface area contributed by atoms with Crippen molar-refractivity contribution in [3.8, 4) is 0 Å². The second-order valence-electron chi connectivity index (χ2n) is 5.57. The monoisotopic (exact) mass is 276 g/mol. The topological polar surface area (TPSA) is 66.5 Å². The van der Waals surface area contributed by atoms with E-state index >= 15 is 0 Å². The van der Waals surface area contributed by atoms with Gasteiger partial charge in [-0.2, -0.15) is 0 Å². The average molecular weight is 276 g/mol. The van der Waals surface area contributed by atoms with E-state index in [0.29, 0.717) is 25.4 Å². The van der Waals surface area contributed by atoms with Gasteiger partial charge in [-0.1, -0.05) is 13.8 Å². The number of hydrogen-bond donors (Lipinski definition) is 1. The molecule has 0 aromatic heterocycles. The van der Waals surface area contributed by atoms with Crippen molar-refractivity contribution in [1.29, 1.82) is 0 Å². The van der Waals surface area contributed by atoms with Gasteiger partial charge in [0.25, 0.3) is 0 Å². The zero-order valence-corrected chi connectivity index (χ0v) is 12.3. The first-order valence-electron chi connectivity index (χ1n) is 6.50. The van der Waals surface area contributed by atoms with Crippen LogP contribution in [0.15, 0.2) is 0 Å². The Morgan fingerprint density at radius 3 is 2.67 bits per heavy atom. The summed E-state index contributed by atoms with van der Waals surface area (Å²) in [6, 6.07) is 0. The van der Waals surface area contributed by atoms with Crippen LogP contribution in [0.3, 0.4) is 0 Å². The Kier molecular flexibility index (Phi) is 5.59. The first kappa shape index (κ1) is 15.4. The fourth-order valence-electron chi connectivity index (χ4n) is 2.21. The van der Waals surface area contributed by atoms with Crippen molar-refractivity contribution in [2.24, 2.45) is 11.8 Å². The molecule has 18 heavy (non-hydrogen) atoms. The van der Waals surface area contributed by atoms with Crippen molar-refractivity contribution in [1.82, 2.24) is 9.62 Å². The van der Waals surface area contributed by atoms with Crippen molar-refractivity contribution in [2.45, 2.75) is 33.1 Å². The predicted molar refractivity (Wildman–Crippen MR) is 71.6 cm³/mol. The van der Waals surface area contributed by atoms with Gasteiger partial charge in [-0.05, 0) is 24.7 Å². The zero-order chi connectivity index (χ0) is 13.8. The number of likely N-dealkylation sites (tertiary alicyclic amines) is 1. The number of carbonyl (C=O) groups excluding carboxylic acids is 1. The fraction of sp³-hybridized carbons (Fsp3) is 0.917. The smallest absolute Gasteiger partial charge is 0.222 e. The van der Waals surface area contributed by atoms with Gasteiger partial charge >= 0.3 is 0 Å². The maximum atomic E-state index is 11.9. The molecule has 1 unspecified atom stereocenters. The number of piperidine rings is 1. The van der Waals surface area contributed by atoms with Crippen molar-refractivity contribution in [3.05, 3.63) is 0 Å². The molecular weight excluding hydrogens is 252 g/mol. The van der Waals surface area contributed by atoms with E-state index in [9.17, 15) is 13.2 Å². The minimum atomic E-state index is -3.13. The van der Waals surface area contributed by atoms with Gasteiger partial charge in [-0.3, -0.25) is 4.79 Å². The largest absolute Gasteiger partial charge is 0.342 e. The number of rotatable bonds is 5. The minimum absolute atomic E-state index is 0.189. The summed E-state index contributed by atoms with van der Waals surface area (Å²) in [4.78, 5) is 13.8. The molecule has 0 aromatic rings. The van der Waals surface area contributed by atoms with Crippen LogP contribution in [0.25, 0.3) is 0 Å². The van der Waals surface area contributed by atoms with E-state index in [0.717, 1.165) is 25.6 Å². The van der Waals surface area contributed by atoms with Crippen LogP contribution < -0.4 is 4.72 Å². The van der Waals surface area contributed by atoms with E-state index in [1.165, 1.54) is 0 Å². The Labute approximate surface area is 110 Å². The lowest BCUT2D eigenvalue weighted by Gasteiger charge is -2.33. The third kappa shape index (κ3) is 5.82. The third-order valence-electron chi connectivity index (χ3n) is 3.09. The molecule has 1 atom stereocenters. The van der Waals surface area contributed by atoms with Crippen LogP contribution in [0.4, 0.5) is 0 Å². The van der Waals surface area contributed by atoms with Gasteiger partial charge < -0.3 is 4.90 Å². The second kappa shape index (κ2) is 6.52. The van der Waals surface area contributed by atoms with Gasteiger partial charge in [0.15, 0.2) is 0 Å². The van der Waals surface area contributed by atoms with Crippen LogP contribution in [0.2, 0.25) is 0 Å². The molecule has 1 heterocycles. The molecule has 6 heteroatoms. The van der Waals surface area contributed by atoms with Crippen LogP contribution in [-0.4, -0.2) is 45.1 Å². The van der Waals surface area contributed by atoms with Crippen LogP contribution >= 0.6 is 0 Å².